The Morgan fingerprint density at radius 2 is 2.21 bits per heavy atom. The summed E-state index contributed by atoms with van der Waals surface area (Å²) in [7, 11) is 0. The first-order valence-corrected chi connectivity index (χ1v) is 6.58. The SMILES string of the molecule is CCc1ccc(NC2CC(O)C2(C)C)cc1[N+](=O)[O-]. The number of nitrogens with one attached hydrogen (secondary N) is 1. The Morgan fingerprint density at radius 1 is 1.53 bits per heavy atom. The molecule has 19 heavy (non-hydrogen) atoms. The number of aryl methyl sites for hydroxylation is 1. The van der Waals surface area contributed by atoms with Crippen molar-refractivity contribution in [3.63, 3.8) is 0 Å². The van der Waals surface area contributed by atoms with Crippen molar-refractivity contribution in [1.29, 1.82) is 0 Å². The van der Waals surface area contributed by atoms with Crippen molar-refractivity contribution in [2.75, 3.05) is 5.32 Å². The minimum atomic E-state index is -0.342. The molecule has 1 saturated carbocycles. The van der Waals surface area contributed by atoms with Crippen molar-refractivity contribution in [1.82, 2.24) is 0 Å². The van der Waals surface area contributed by atoms with Crippen LogP contribution in [-0.4, -0.2) is 22.2 Å². The highest BCUT2D eigenvalue weighted by molar-refractivity contribution is 5.56. The molecule has 0 saturated heterocycles. The summed E-state index contributed by atoms with van der Waals surface area (Å²) in [5.74, 6) is 0. The average molecular weight is 264 g/mol. The summed E-state index contributed by atoms with van der Waals surface area (Å²) in [6.45, 7) is 5.89. The summed E-state index contributed by atoms with van der Waals surface area (Å²) in [4.78, 5) is 10.7. The molecule has 1 fully saturated rings. The highest BCUT2D eigenvalue weighted by Crippen LogP contribution is 2.42. The molecule has 5 nitrogen and oxygen atoms in total. The molecule has 1 aliphatic rings. The van der Waals surface area contributed by atoms with Crippen molar-refractivity contribution in [3.8, 4) is 0 Å². The van der Waals surface area contributed by atoms with Crippen molar-refractivity contribution < 1.29 is 10.0 Å². The van der Waals surface area contributed by atoms with E-state index in [1.54, 1.807) is 12.1 Å². The van der Waals surface area contributed by atoms with Gasteiger partial charge in [-0.1, -0.05) is 26.8 Å². The topological polar surface area (TPSA) is 75.4 Å². The second kappa shape index (κ2) is 4.81. The van der Waals surface area contributed by atoms with E-state index in [9.17, 15) is 15.2 Å². The average Bonchev–Trinajstić information content (AvgIpc) is 2.38. The Labute approximate surface area is 112 Å². The van der Waals surface area contributed by atoms with E-state index < -0.39 is 0 Å². The van der Waals surface area contributed by atoms with Gasteiger partial charge in [-0.15, -0.1) is 0 Å². The molecule has 0 aliphatic heterocycles. The van der Waals surface area contributed by atoms with Gasteiger partial charge in [-0.2, -0.15) is 0 Å². The standard InChI is InChI=1S/C14H20N2O3/c1-4-9-5-6-10(7-11(9)16(18)19)15-12-8-13(17)14(12,2)3/h5-7,12-13,15,17H,4,8H2,1-3H3. The summed E-state index contributed by atoms with van der Waals surface area (Å²) in [6.07, 6.45) is 1.01. The summed E-state index contributed by atoms with van der Waals surface area (Å²) in [5.41, 5.74) is 1.44. The molecule has 0 bridgehead atoms. The first kappa shape index (κ1) is 13.8. The van der Waals surface area contributed by atoms with Crippen LogP contribution in [0.2, 0.25) is 0 Å². The van der Waals surface area contributed by atoms with Crippen LogP contribution in [0.1, 0.15) is 32.8 Å². The van der Waals surface area contributed by atoms with Crippen molar-refractivity contribution in [2.45, 2.75) is 45.8 Å². The second-order valence-corrected chi connectivity index (χ2v) is 5.72. The molecule has 1 aromatic rings. The number of anilines is 1. The van der Waals surface area contributed by atoms with Gasteiger partial charge in [-0.05, 0) is 18.9 Å². The Morgan fingerprint density at radius 3 is 2.68 bits per heavy atom. The Balaban J connectivity index is 2.18. The van der Waals surface area contributed by atoms with Gasteiger partial charge < -0.3 is 10.4 Å². The van der Waals surface area contributed by atoms with Gasteiger partial charge in [0.15, 0.2) is 0 Å². The number of aliphatic hydroxyl groups is 1. The molecule has 2 atom stereocenters. The van der Waals surface area contributed by atoms with Crippen molar-refractivity contribution in [2.24, 2.45) is 5.41 Å². The maximum Gasteiger partial charge on any atom is 0.274 e. The fraction of sp³-hybridized carbons (Fsp3) is 0.571. The first-order valence-electron chi connectivity index (χ1n) is 6.58. The summed E-state index contributed by atoms with van der Waals surface area (Å²) < 4.78 is 0. The summed E-state index contributed by atoms with van der Waals surface area (Å²) in [5, 5.41) is 24.0. The van der Waals surface area contributed by atoms with Gasteiger partial charge in [-0.3, -0.25) is 10.1 Å². The fourth-order valence-corrected chi connectivity index (χ4v) is 2.47. The molecule has 2 N–H and O–H groups in total. The van der Waals surface area contributed by atoms with Crippen LogP contribution in [0.3, 0.4) is 0 Å². The second-order valence-electron chi connectivity index (χ2n) is 5.72. The molecule has 0 aromatic heterocycles. The van der Waals surface area contributed by atoms with Gasteiger partial charge in [-0.25, -0.2) is 0 Å². The highest BCUT2D eigenvalue weighted by Gasteiger charge is 2.47. The smallest absolute Gasteiger partial charge is 0.274 e. The predicted octanol–water partition coefficient (Wildman–Crippen LogP) is 2.73. The molecular formula is C14H20N2O3. The number of benzene rings is 1. The van der Waals surface area contributed by atoms with Crippen LogP contribution in [0.5, 0.6) is 0 Å². The number of nitrogens with zero attached hydrogens (tertiary/aromatic N) is 1. The van der Waals surface area contributed by atoms with E-state index in [0.29, 0.717) is 12.8 Å². The third-order valence-electron chi connectivity index (χ3n) is 4.22. The Kier molecular flexibility index (Phi) is 3.49. The van der Waals surface area contributed by atoms with E-state index in [1.807, 2.05) is 26.8 Å². The van der Waals surface area contributed by atoms with Gasteiger partial charge in [0.2, 0.25) is 0 Å². The number of nitro groups is 1. The Bertz CT molecular complexity index is 499. The fourth-order valence-electron chi connectivity index (χ4n) is 2.47. The molecule has 0 heterocycles. The summed E-state index contributed by atoms with van der Waals surface area (Å²) >= 11 is 0. The lowest BCUT2D eigenvalue weighted by atomic mass is 9.64. The number of hydrogen-bond acceptors (Lipinski definition) is 4. The van der Waals surface area contributed by atoms with Gasteiger partial charge in [0.1, 0.15) is 0 Å². The number of nitro benzene ring substituents is 1. The van der Waals surface area contributed by atoms with Gasteiger partial charge in [0, 0.05) is 28.8 Å². The van der Waals surface area contributed by atoms with E-state index in [1.165, 1.54) is 0 Å². The summed E-state index contributed by atoms with van der Waals surface area (Å²) in [6, 6.07) is 5.39. The van der Waals surface area contributed by atoms with Gasteiger partial charge in [0.25, 0.3) is 5.69 Å². The number of rotatable bonds is 4. The van der Waals surface area contributed by atoms with Crippen molar-refractivity contribution >= 4 is 11.4 Å². The molecule has 2 rings (SSSR count). The lowest BCUT2D eigenvalue weighted by molar-refractivity contribution is -0.385. The third kappa shape index (κ3) is 2.42. The van der Waals surface area contributed by atoms with E-state index in [0.717, 1.165) is 11.3 Å². The lowest BCUT2D eigenvalue weighted by Crippen LogP contribution is -2.56. The molecule has 1 aliphatic carbocycles. The van der Waals surface area contributed by atoms with Crippen LogP contribution >= 0.6 is 0 Å². The zero-order valence-electron chi connectivity index (χ0n) is 11.5. The molecule has 0 amide bonds. The zero-order chi connectivity index (χ0) is 14.2. The van der Waals surface area contributed by atoms with E-state index in [-0.39, 0.29) is 28.2 Å². The maximum absolute atomic E-state index is 11.0. The first-order chi connectivity index (χ1) is 8.86. The molecule has 5 heteroatoms. The third-order valence-corrected chi connectivity index (χ3v) is 4.22. The molecule has 1 aromatic carbocycles. The zero-order valence-corrected chi connectivity index (χ0v) is 11.5. The minimum Gasteiger partial charge on any atom is -0.392 e. The van der Waals surface area contributed by atoms with E-state index in [4.69, 9.17) is 0 Å². The number of aliphatic hydroxyl groups excluding tert-OH is 1. The quantitative estimate of drug-likeness (QED) is 0.647. The van der Waals surface area contributed by atoms with Crippen LogP contribution in [0.4, 0.5) is 11.4 Å². The largest absolute Gasteiger partial charge is 0.392 e. The van der Waals surface area contributed by atoms with Crippen LogP contribution in [0, 0.1) is 15.5 Å². The van der Waals surface area contributed by atoms with Crippen LogP contribution in [-0.2, 0) is 6.42 Å². The normalized spacial score (nSPS) is 24.6. The molecule has 0 spiro atoms. The Hall–Kier alpha value is -1.62. The van der Waals surface area contributed by atoms with E-state index >= 15 is 0 Å². The van der Waals surface area contributed by atoms with E-state index in [2.05, 4.69) is 5.32 Å². The van der Waals surface area contributed by atoms with Gasteiger partial charge in [0.05, 0.1) is 11.0 Å². The molecule has 0 radical (unpaired) electrons. The molecule has 2 unspecified atom stereocenters. The predicted molar refractivity (Wildman–Crippen MR) is 74.3 cm³/mol. The highest BCUT2D eigenvalue weighted by atomic mass is 16.6. The van der Waals surface area contributed by atoms with Crippen LogP contribution in [0.15, 0.2) is 18.2 Å². The van der Waals surface area contributed by atoms with Gasteiger partial charge >= 0.3 is 0 Å². The molecule has 104 valence electrons. The lowest BCUT2D eigenvalue weighted by Gasteiger charge is -2.49. The van der Waals surface area contributed by atoms with Crippen LogP contribution < -0.4 is 5.32 Å². The minimum absolute atomic E-state index is 0.148. The number of hydrogen-bond donors (Lipinski definition) is 2. The van der Waals surface area contributed by atoms with Crippen molar-refractivity contribution in [3.05, 3.63) is 33.9 Å². The maximum atomic E-state index is 11.0. The molecular weight excluding hydrogens is 244 g/mol. The van der Waals surface area contributed by atoms with Crippen LogP contribution in [0.25, 0.3) is 0 Å². The monoisotopic (exact) mass is 264 g/mol.